The van der Waals surface area contributed by atoms with E-state index < -0.39 is 29.6 Å². The Labute approximate surface area is 174 Å². The van der Waals surface area contributed by atoms with Crippen molar-refractivity contribution in [2.45, 2.75) is 52.3 Å². The van der Waals surface area contributed by atoms with Crippen LogP contribution in [-0.2, 0) is 9.59 Å². The highest BCUT2D eigenvalue weighted by molar-refractivity contribution is 5.90. The lowest BCUT2D eigenvalue weighted by atomic mass is 9.85. The third-order valence-corrected chi connectivity index (χ3v) is 5.29. The van der Waals surface area contributed by atoms with E-state index >= 15 is 0 Å². The maximum Gasteiger partial charge on any atom is 0.248 e. The summed E-state index contributed by atoms with van der Waals surface area (Å²) in [6.45, 7) is 7.49. The highest BCUT2D eigenvalue weighted by Gasteiger charge is 2.45. The average Bonchev–Trinajstić information content (AvgIpc) is 3.27. The van der Waals surface area contributed by atoms with Crippen molar-refractivity contribution in [3.8, 4) is 11.3 Å². The predicted molar refractivity (Wildman–Crippen MR) is 107 cm³/mol. The average molecular weight is 418 g/mol. The molecule has 30 heavy (non-hydrogen) atoms. The predicted octanol–water partition coefficient (Wildman–Crippen LogP) is 1.08. The van der Waals surface area contributed by atoms with Gasteiger partial charge >= 0.3 is 0 Å². The molecule has 1 fully saturated rings. The number of likely N-dealkylation sites (tertiary alicyclic amines) is 1. The maximum atomic E-state index is 13.5. The van der Waals surface area contributed by atoms with Crippen LogP contribution in [0.5, 0.6) is 0 Å². The zero-order valence-corrected chi connectivity index (χ0v) is 17.8. The van der Waals surface area contributed by atoms with Crippen molar-refractivity contribution in [2.24, 2.45) is 5.41 Å². The van der Waals surface area contributed by atoms with E-state index in [0.29, 0.717) is 16.8 Å². The number of halogens is 1. The van der Waals surface area contributed by atoms with Gasteiger partial charge in [0.15, 0.2) is 0 Å². The van der Waals surface area contributed by atoms with Gasteiger partial charge in [0.05, 0.1) is 12.3 Å². The van der Waals surface area contributed by atoms with Gasteiger partial charge in [0.25, 0.3) is 0 Å². The number of aliphatic hydroxyl groups is 1. The number of aromatic nitrogens is 4. The van der Waals surface area contributed by atoms with Gasteiger partial charge in [0.1, 0.15) is 17.8 Å². The summed E-state index contributed by atoms with van der Waals surface area (Å²) in [5.41, 5.74) is 1.17. The molecule has 3 atom stereocenters. The molecule has 3 rings (SSSR count). The van der Waals surface area contributed by atoms with Gasteiger partial charge in [-0.2, -0.15) is 4.39 Å². The first-order valence-corrected chi connectivity index (χ1v) is 9.77. The van der Waals surface area contributed by atoms with Crippen LogP contribution in [0.4, 0.5) is 4.39 Å². The van der Waals surface area contributed by atoms with Gasteiger partial charge in [-0.1, -0.05) is 26.0 Å². The Kier molecular flexibility index (Phi) is 5.89. The maximum absolute atomic E-state index is 13.5. The Balaban J connectivity index is 1.97. The minimum Gasteiger partial charge on any atom is -0.391 e. The second-order valence-electron chi connectivity index (χ2n) is 8.68. The zero-order chi connectivity index (χ0) is 22.2. The number of nitrogens with one attached hydrogen (secondary N) is 1. The van der Waals surface area contributed by atoms with Crippen LogP contribution in [0.15, 0.2) is 18.5 Å². The summed E-state index contributed by atoms with van der Waals surface area (Å²) in [6, 6.07) is -0.195. The number of hydrogen-bond acceptors (Lipinski definition) is 6. The largest absolute Gasteiger partial charge is 0.391 e. The summed E-state index contributed by atoms with van der Waals surface area (Å²) in [5.74, 6) is -1.22. The summed E-state index contributed by atoms with van der Waals surface area (Å²) in [4.78, 5) is 30.8. The summed E-state index contributed by atoms with van der Waals surface area (Å²) >= 11 is 0. The third-order valence-electron chi connectivity index (χ3n) is 5.29. The fourth-order valence-electron chi connectivity index (χ4n) is 3.83. The molecular weight excluding hydrogens is 391 g/mol. The van der Waals surface area contributed by atoms with E-state index in [2.05, 4.69) is 20.6 Å². The Morgan fingerprint density at radius 1 is 1.37 bits per heavy atom. The molecule has 1 aliphatic rings. The smallest absolute Gasteiger partial charge is 0.248 e. The highest BCUT2D eigenvalue weighted by Crippen LogP contribution is 2.35. The molecule has 9 nitrogen and oxygen atoms in total. The van der Waals surface area contributed by atoms with Crippen molar-refractivity contribution in [3.63, 3.8) is 0 Å². The van der Waals surface area contributed by atoms with E-state index in [1.54, 1.807) is 13.1 Å². The van der Waals surface area contributed by atoms with E-state index in [1.165, 1.54) is 28.9 Å². The molecule has 2 aromatic heterocycles. The first kappa shape index (κ1) is 21.8. The minimum absolute atomic E-state index is 0.0754. The number of carbonyl (C=O) groups is 2. The van der Waals surface area contributed by atoms with Crippen LogP contribution in [0.3, 0.4) is 0 Å². The van der Waals surface area contributed by atoms with E-state index in [9.17, 15) is 19.1 Å². The molecule has 3 heterocycles. The first-order chi connectivity index (χ1) is 14.0. The van der Waals surface area contributed by atoms with Gasteiger partial charge in [-0.25, -0.2) is 9.67 Å². The van der Waals surface area contributed by atoms with Crippen molar-refractivity contribution < 1.29 is 19.1 Å². The molecule has 1 aliphatic heterocycles. The van der Waals surface area contributed by atoms with Crippen molar-refractivity contribution >= 4 is 11.8 Å². The molecule has 0 aromatic carbocycles. The molecule has 0 spiro atoms. The molecule has 2 amide bonds. The number of pyridine rings is 1. The summed E-state index contributed by atoms with van der Waals surface area (Å²) < 4.78 is 14.8. The molecule has 0 saturated carbocycles. The third kappa shape index (κ3) is 4.18. The van der Waals surface area contributed by atoms with Crippen molar-refractivity contribution in [1.82, 2.24) is 30.2 Å². The van der Waals surface area contributed by atoms with Gasteiger partial charge < -0.3 is 15.3 Å². The highest BCUT2D eigenvalue weighted by atomic mass is 19.1. The lowest BCUT2D eigenvalue weighted by molar-refractivity contribution is -0.144. The first-order valence-electron chi connectivity index (χ1n) is 9.77. The molecule has 10 heteroatoms. The van der Waals surface area contributed by atoms with E-state index in [1.807, 2.05) is 20.8 Å². The fourth-order valence-corrected chi connectivity index (χ4v) is 3.83. The number of aryl methyl sites for hydroxylation is 1. The lowest BCUT2D eigenvalue weighted by Crippen LogP contribution is -2.49. The number of rotatable bonds is 4. The van der Waals surface area contributed by atoms with Crippen LogP contribution < -0.4 is 5.32 Å². The van der Waals surface area contributed by atoms with E-state index in [4.69, 9.17) is 0 Å². The number of likely N-dealkylation sites (N-methyl/N-ethyl adjacent to an activating group) is 1. The molecule has 162 valence electrons. The van der Waals surface area contributed by atoms with Crippen LogP contribution in [0.2, 0.25) is 0 Å². The lowest BCUT2D eigenvalue weighted by Gasteiger charge is -2.34. The zero-order valence-electron chi connectivity index (χ0n) is 17.8. The molecule has 2 aromatic rings. The van der Waals surface area contributed by atoms with Crippen LogP contribution >= 0.6 is 0 Å². The fraction of sp³-hybridized carbons (Fsp3) is 0.550. The van der Waals surface area contributed by atoms with Crippen molar-refractivity contribution in [1.29, 1.82) is 0 Å². The topological polar surface area (TPSA) is 113 Å². The minimum atomic E-state index is -0.767. The molecule has 0 radical (unpaired) electrons. The Hall–Kier alpha value is -2.88. The van der Waals surface area contributed by atoms with Crippen molar-refractivity contribution in [2.75, 3.05) is 13.6 Å². The quantitative estimate of drug-likeness (QED) is 0.719. The monoisotopic (exact) mass is 418 g/mol. The SMILES string of the molecule is CNC(=O)[C@@H]1C[C@@H](O)CN1C(=O)C(n1cc(-c2cnc(F)cc2C)nn1)C(C)(C)C. The Bertz CT molecular complexity index is 954. The van der Waals surface area contributed by atoms with Crippen LogP contribution in [0, 0.1) is 18.3 Å². The number of nitrogens with zero attached hydrogens (tertiary/aromatic N) is 5. The molecule has 2 N–H and O–H groups in total. The van der Waals surface area contributed by atoms with Gasteiger partial charge in [-0.05, 0) is 24.0 Å². The second-order valence-corrected chi connectivity index (χ2v) is 8.68. The molecule has 0 aliphatic carbocycles. The van der Waals surface area contributed by atoms with Crippen LogP contribution in [-0.4, -0.2) is 67.5 Å². The summed E-state index contributed by atoms with van der Waals surface area (Å²) in [5, 5.41) is 20.9. The number of amides is 2. The Morgan fingerprint density at radius 3 is 2.67 bits per heavy atom. The summed E-state index contributed by atoms with van der Waals surface area (Å²) in [7, 11) is 1.50. The van der Waals surface area contributed by atoms with Crippen LogP contribution in [0.1, 0.15) is 38.8 Å². The molecule has 1 unspecified atom stereocenters. The number of β-amino-alcohol motifs (C(OH)–C–C–N with tert-alkyl or cyclic N) is 1. The van der Waals surface area contributed by atoms with Gasteiger partial charge in [0.2, 0.25) is 17.8 Å². The van der Waals surface area contributed by atoms with Gasteiger partial charge in [-0.3, -0.25) is 9.59 Å². The number of aliphatic hydroxyl groups excluding tert-OH is 1. The second kappa shape index (κ2) is 8.10. The molecular formula is C20H27FN6O3. The molecule has 0 bridgehead atoms. The summed E-state index contributed by atoms with van der Waals surface area (Å²) in [6.07, 6.45) is 2.42. The normalized spacial score (nSPS) is 20.3. The van der Waals surface area contributed by atoms with Crippen molar-refractivity contribution in [3.05, 3.63) is 30.0 Å². The van der Waals surface area contributed by atoms with Crippen LogP contribution in [0.25, 0.3) is 11.3 Å². The number of carbonyl (C=O) groups excluding carboxylic acids is 2. The van der Waals surface area contributed by atoms with Gasteiger partial charge in [-0.15, -0.1) is 5.10 Å². The van der Waals surface area contributed by atoms with E-state index in [0.717, 1.165) is 0 Å². The number of hydrogen-bond donors (Lipinski definition) is 2. The van der Waals surface area contributed by atoms with Gasteiger partial charge in [0, 0.05) is 31.8 Å². The Morgan fingerprint density at radius 2 is 2.07 bits per heavy atom. The van der Waals surface area contributed by atoms with E-state index in [-0.39, 0.29) is 24.8 Å². The molecule has 1 saturated heterocycles. The standard InChI is InChI=1S/C20H27FN6O3/c1-11-6-16(21)23-8-13(11)14-10-27(25-24-14)17(20(2,3)4)19(30)26-9-12(28)7-15(26)18(29)22-5/h6,8,10,12,15,17,28H,7,9H2,1-5H3,(H,22,29)/t12-,15+,17?/m1/s1.